The second-order valence-corrected chi connectivity index (χ2v) is 2.66. The summed E-state index contributed by atoms with van der Waals surface area (Å²) in [4.78, 5) is 24.4. The lowest BCUT2D eigenvalue weighted by molar-refractivity contribution is -0.145. The summed E-state index contributed by atoms with van der Waals surface area (Å²) in [5.74, 6) is -0.499. The van der Waals surface area contributed by atoms with Gasteiger partial charge in [0, 0.05) is 0 Å². The highest BCUT2D eigenvalue weighted by Gasteiger charge is 2.22. The summed E-state index contributed by atoms with van der Waals surface area (Å²) in [6.07, 6.45) is 1.36. The fourth-order valence-electron chi connectivity index (χ4n) is 0.758. The number of carbonyl (C=O) groups is 1. The van der Waals surface area contributed by atoms with Gasteiger partial charge in [-0.25, -0.2) is 9.59 Å². The van der Waals surface area contributed by atoms with Crippen LogP contribution in [0.4, 0.5) is 0 Å². The third kappa shape index (κ3) is 3.30. The summed E-state index contributed by atoms with van der Waals surface area (Å²) in [5, 5.41) is 0. The predicted octanol–water partition coefficient (Wildman–Crippen LogP) is 0.910. The molecule has 0 aromatic carbocycles. The lowest BCUT2D eigenvalue weighted by atomic mass is 10.1. The fourth-order valence-corrected chi connectivity index (χ4v) is 0.758. The molecule has 0 aliphatic rings. The van der Waals surface area contributed by atoms with E-state index in [4.69, 9.17) is 4.74 Å². The SMILES string of the molecule is CCOC(=O)[C@@H](N=C=O)C(C)C. The van der Waals surface area contributed by atoms with E-state index in [9.17, 15) is 9.59 Å². The van der Waals surface area contributed by atoms with Gasteiger partial charge in [0.1, 0.15) is 0 Å². The molecule has 0 saturated heterocycles. The number of esters is 1. The van der Waals surface area contributed by atoms with Crippen LogP contribution in [0, 0.1) is 5.92 Å². The first-order valence-electron chi connectivity index (χ1n) is 3.87. The zero-order valence-electron chi connectivity index (χ0n) is 7.53. The second kappa shape index (κ2) is 5.49. The summed E-state index contributed by atoms with van der Waals surface area (Å²) < 4.78 is 4.71. The predicted molar refractivity (Wildman–Crippen MR) is 43.4 cm³/mol. The standard InChI is InChI=1S/C8H13NO3/c1-4-12-8(11)7(6(2)3)9-5-10/h6-7H,4H2,1-3H3/t7-/m0/s1. The third-order valence-corrected chi connectivity index (χ3v) is 1.35. The van der Waals surface area contributed by atoms with Crippen molar-refractivity contribution in [1.29, 1.82) is 0 Å². The van der Waals surface area contributed by atoms with Crippen LogP contribution in [0.15, 0.2) is 4.99 Å². The average Bonchev–Trinajstić information content (AvgIpc) is 1.99. The van der Waals surface area contributed by atoms with Gasteiger partial charge in [-0.15, -0.1) is 0 Å². The minimum absolute atomic E-state index is 0.0366. The Bertz CT molecular complexity index is 194. The topological polar surface area (TPSA) is 55.7 Å². The lowest BCUT2D eigenvalue weighted by Crippen LogP contribution is -2.26. The van der Waals surface area contributed by atoms with Crippen LogP contribution in [0.3, 0.4) is 0 Å². The van der Waals surface area contributed by atoms with Crippen molar-refractivity contribution in [2.75, 3.05) is 6.61 Å². The molecule has 0 bridgehead atoms. The Kier molecular flexibility index (Phi) is 4.97. The van der Waals surface area contributed by atoms with E-state index in [0.29, 0.717) is 6.61 Å². The number of ether oxygens (including phenoxy) is 1. The summed E-state index contributed by atoms with van der Waals surface area (Å²) >= 11 is 0. The van der Waals surface area contributed by atoms with Gasteiger partial charge in [0.2, 0.25) is 6.08 Å². The zero-order valence-corrected chi connectivity index (χ0v) is 7.53. The summed E-state index contributed by atoms with van der Waals surface area (Å²) in [6.45, 7) is 5.60. The molecule has 0 aromatic rings. The van der Waals surface area contributed by atoms with Gasteiger partial charge in [0.15, 0.2) is 6.04 Å². The van der Waals surface area contributed by atoms with Crippen LogP contribution < -0.4 is 0 Å². The Morgan fingerprint density at radius 1 is 1.58 bits per heavy atom. The first-order valence-corrected chi connectivity index (χ1v) is 3.87. The van der Waals surface area contributed by atoms with Crippen LogP contribution in [-0.2, 0) is 14.3 Å². The monoisotopic (exact) mass is 171 g/mol. The van der Waals surface area contributed by atoms with Gasteiger partial charge in [0.25, 0.3) is 0 Å². The molecule has 68 valence electrons. The van der Waals surface area contributed by atoms with Gasteiger partial charge >= 0.3 is 5.97 Å². The van der Waals surface area contributed by atoms with Crippen LogP contribution in [-0.4, -0.2) is 24.7 Å². The van der Waals surface area contributed by atoms with Crippen molar-refractivity contribution in [3.05, 3.63) is 0 Å². The third-order valence-electron chi connectivity index (χ3n) is 1.35. The van der Waals surface area contributed by atoms with Gasteiger partial charge in [-0.1, -0.05) is 13.8 Å². The van der Waals surface area contributed by atoms with E-state index in [1.165, 1.54) is 6.08 Å². The average molecular weight is 171 g/mol. The fraction of sp³-hybridized carbons (Fsp3) is 0.750. The molecule has 0 N–H and O–H groups in total. The maximum Gasteiger partial charge on any atom is 0.332 e. The van der Waals surface area contributed by atoms with Gasteiger partial charge in [-0.3, -0.25) is 0 Å². The van der Waals surface area contributed by atoms with Crippen molar-refractivity contribution in [3.8, 4) is 0 Å². The van der Waals surface area contributed by atoms with E-state index in [-0.39, 0.29) is 5.92 Å². The van der Waals surface area contributed by atoms with Crippen LogP contribution >= 0.6 is 0 Å². The molecular weight excluding hydrogens is 158 g/mol. The number of isocyanates is 1. The Balaban J connectivity index is 4.29. The van der Waals surface area contributed by atoms with Gasteiger partial charge < -0.3 is 4.74 Å². The highest BCUT2D eigenvalue weighted by atomic mass is 16.5. The van der Waals surface area contributed by atoms with Crippen molar-refractivity contribution in [2.45, 2.75) is 26.8 Å². The molecule has 0 aliphatic carbocycles. The minimum Gasteiger partial charge on any atom is -0.464 e. The van der Waals surface area contributed by atoms with E-state index in [2.05, 4.69) is 4.99 Å². The molecule has 0 saturated carbocycles. The number of rotatable bonds is 4. The molecule has 0 rings (SSSR count). The van der Waals surface area contributed by atoms with E-state index in [1.54, 1.807) is 20.8 Å². The smallest absolute Gasteiger partial charge is 0.332 e. The van der Waals surface area contributed by atoms with E-state index in [1.807, 2.05) is 0 Å². The summed E-state index contributed by atoms with van der Waals surface area (Å²) in [6, 6.07) is -0.706. The van der Waals surface area contributed by atoms with Gasteiger partial charge in [-0.05, 0) is 12.8 Å². The lowest BCUT2D eigenvalue weighted by Gasteiger charge is -2.12. The Morgan fingerprint density at radius 3 is 2.50 bits per heavy atom. The van der Waals surface area contributed by atoms with Crippen molar-refractivity contribution in [1.82, 2.24) is 0 Å². The van der Waals surface area contributed by atoms with Gasteiger partial charge in [-0.2, -0.15) is 4.99 Å². The maximum absolute atomic E-state index is 11.1. The quantitative estimate of drug-likeness (QED) is 0.359. The molecule has 0 aromatic heterocycles. The minimum atomic E-state index is -0.706. The van der Waals surface area contributed by atoms with Crippen molar-refractivity contribution in [2.24, 2.45) is 10.9 Å². The maximum atomic E-state index is 11.1. The van der Waals surface area contributed by atoms with Crippen molar-refractivity contribution < 1.29 is 14.3 Å². The largest absolute Gasteiger partial charge is 0.464 e. The zero-order chi connectivity index (χ0) is 9.56. The van der Waals surface area contributed by atoms with Crippen molar-refractivity contribution in [3.63, 3.8) is 0 Å². The van der Waals surface area contributed by atoms with E-state index in [0.717, 1.165) is 0 Å². The number of hydrogen-bond acceptors (Lipinski definition) is 4. The number of hydrogen-bond donors (Lipinski definition) is 0. The highest BCUT2D eigenvalue weighted by molar-refractivity contribution is 5.77. The Labute approximate surface area is 71.6 Å². The molecule has 12 heavy (non-hydrogen) atoms. The van der Waals surface area contributed by atoms with Crippen LogP contribution in [0.1, 0.15) is 20.8 Å². The molecule has 4 nitrogen and oxygen atoms in total. The van der Waals surface area contributed by atoms with Crippen LogP contribution in [0.5, 0.6) is 0 Å². The normalized spacial score (nSPS) is 12.0. The first kappa shape index (κ1) is 10.8. The molecule has 4 heteroatoms. The molecular formula is C8H13NO3. The summed E-state index contributed by atoms with van der Waals surface area (Å²) in [7, 11) is 0. The first-order chi connectivity index (χ1) is 5.63. The number of aliphatic imine (C=N–C) groups is 1. The molecule has 0 spiro atoms. The second-order valence-electron chi connectivity index (χ2n) is 2.66. The van der Waals surface area contributed by atoms with E-state index < -0.39 is 12.0 Å². The molecule has 0 fully saturated rings. The van der Waals surface area contributed by atoms with Crippen LogP contribution in [0.2, 0.25) is 0 Å². The van der Waals surface area contributed by atoms with Crippen LogP contribution in [0.25, 0.3) is 0 Å². The van der Waals surface area contributed by atoms with Gasteiger partial charge in [0.05, 0.1) is 6.61 Å². The Hall–Kier alpha value is -1.15. The Morgan fingerprint density at radius 2 is 2.17 bits per heavy atom. The molecule has 0 radical (unpaired) electrons. The molecule has 0 aliphatic heterocycles. The summed E-state index contributed by atoms with van der Waals surface area (Å²) in [5.41, 5.74) is 0. The highest BCUT2D eigenvalue weighted by Crippen LogP contribution is 2.07. The molecule has 1 atom stereocenters. The molecule has 0 amide bonds. The number of nitrogens with zero attached hydrogens (tertiary/aromatic N) is 1. The van der Waals surface area contributed by atoms with Crippen molar-refractivity contribution >= 4 is 12.0 Å². The molecule has 0 unspecified atom stereocenters. The number of carbonyl (C=O) groups excluding carboxylic acids is 2. The van der Waals surface area contributed by atoms with E-state index >= 15 is 0 Å². The molecule has 0 heterocycles.